The summed E-state index contributed by atoms with van der Waals surface area (Å²) >= 11 is 0. The minimum Gasteiger partial charge on any atom is -0.370 e. The number of hydrogen-bond acceptors (Lipinski definition) is 6. The number of aldehydes is 1. The van der Waals surface area contributed by atoms with Crippen LogP contribution in [0.15, 0.2) is 0 Å². The third-order valence-corrected chi connectivity index (χ3v) is 3.66. The van der Waals surface area contributed by atoms with Crippen molar-refractivity contribution in [3.63, 3.8) is 0 Å². The first-order chi connectivity index (χ1) is 11.0. The fourth-order valence-electron chi connectivity index (χ4n) is 2.30. The van der Waals surface area contributed by atoms with E-state index in [0.29, 0.717) is 18.3 Å². The van der Waals surface area contributed by atoms with Gasteiger partial charge in [-0.15, -0.1) is 0 Å². The summed E-state index contributed by atoms with van der Waals surface area (Å²) in [5.41, 5.74) is 8.07. The summed E-state index contributed by atoms with van der Waals surface area (Å²) in [5, 5.41) is 3.38. The molecule has 0 amide bonds. The molecule has 0 unspecified atom stereocenters. The molecule has 0 atom stereocenters. The van der Waals surface area contributed by atoms with Crippen molar-refractivity contribution >= 4 is 18.1 Å². The van der Waals surface area contributed by atoms with E-state index in [1.807, 2.05) is 13.8 Å². The minimum absolute atomic E-state index is 0.373. The van der Waals surface area contributed by atoms with Crippen molar-refractivity contribution in [2.45, 2.75) is 53.0 Å². The number of hydrogen-bond donors (Lipinski definition) is 2. The Morgan fingerprint density at radius 2 is 2.13 bits per heavy atom. The number of carbonyl (C=O) groups is 1. The number of fused-ring (bicyclic) bond motifs is 1. The molecule has 0 radical (unpaired) electrons. The van der Waals surface area contributed by atoms with Gasteiger partial charge in [-0.1, -0.05) is 27.2 Å². The monoisotopic (exact) mass is 321 g/mol. The third-order valence-electron chi connectivity index (χ3n) is 3.66. The summed E-state index contributed by atoms with van der Waals surface area (Å²) < 4.78 is 0. The van der Waals surface area contributed by atoms with E-state index < -0.39 is 0 Å². The van der Waals surface area contributed by atoms with E-state index in [0.717, 1.165) is 50.3 Å². The van der Waals surface area contributed by atoms with Gasteiger partial charge in [0.25, 0.3) is 0 Å². The van der Waals surface area contributed by atoms with E-state index in [9.17, 15) is 4.79 Å². The van der Waals surface area contributed by atoms with E-state index in [-0.39, 0.29) is 0 Å². The Hall–Kier alpha value is -1.69. The van der Waals surface area contributed by atoms with Crippen molar-refractivity contribution in [3.05, 3.63) is 11.3 Å². The summed E-state index contributed by atoms with van der Waals surface area (Å²) in [6.07, 6.45) is 4.97. The van der Waals surface area contributed by atoms with Gasteiger partial charge in [0.05, 0.1) is 5.69 Å². The molecule has 0 bridgehead atoms. The number of likely N-dealkylation sites (N-methyl/N-ethyl adjacent to an activating group) is 1. The lowest BCUT2D eigenvalue weighted by atomic mass is 10.1. The Labute approximate surface area is 139 Å². The molecule has 2 heterocycles. The molecule has 0 fully saturated rings. The highest BCUT2D eigenvalue weighted by Gasteiger charge is 2.19. The zero-order valence-corrected chi connectivity index (χ0v) is 14.9. The molecule has 23 heavy (non-hydrogen) atoms. The number of nitrogens with zero attached hydrogens (tertiary/aromatic N) is 3. The van der Waals surface area contributed by atoms with Crippen LogP contribution in [0.5, 0.6) is 0 Å². The maximum absolute atomic E-state index is 9.62. The fraction of sp³-hybridized carbons (Fsp3) is 0.706. The van der Waals surface area contributed by atoms with Crippen LogP contribution < -0.4 is 11.1 Å². The van der Waals surface area contributed by atoms with Crippen LogP contribution >= 0.6 is 0 Å². The van der Waals surface area contributed by atoms with Gasteiger partial charge in [0.2, 0.25) is 5.95 Å². The summed E-state index contributed by atoms with van der Waals surface area (Å²) in [6.45, 7) is 9.10. The van der Waals surface area contributed by atoms with Crippen molar-refractivity contribution in [2.24, 2.45) is 5.92 Å². The third kappa shape index (κ3) is 6.95. The van der Waals surface area contributed by atoms with Gasteiger partial charge in [-0.3, -0.25) is 0 Å². The first-order valence-electron chi connectivity index (χ1n) is 8.49. The van der Waals surface area contributed by atoms with Gasteiger partial charge in [0.1, 0.15) is 12.1 Å². The van der Waals surface area contributed by atoms with Gasteiger partial charge in [-0.05, 0) is 25.8 Å². The molecule has 1 aromatic rings. The van der Waals surface area contributed by atoms with Crippen molar-refractivity contribution in [2.75, 3.05) is 31.2 Å². The van der Waals surface area contributed by atoms with E-state index in [1.165, 1.54) is 12.0 Å². The smallest absolute Gasteiger partial charge is 0.222 e. The lowest BCUT2D eigenvalue weighted by Crippen LogP contribution is -2.29. The quantitative estimate of drug-likeness (QED) is 0.618. The molecule has 0 saturated carbocycles. The zero-order chi connectivity index (χ0) is 17.2. The maximum atomic E-state index is 9.62. The van der Waals surface area contributed by atoms with Crippen molar-refractivity contribution in [1.82, 2.24) is 14.9 Å². The normalized spacial score (nSPS) is 14.0. The number of anilines is 2. The predicted octanol–water partition coefficient (Wildman–Crippen LogP) is 2.49. The number of rotatable bonds is 6. The predicted molar refractivity (Wildman–Crippen MR) is 95.4 cm³/mol. The second-order valence-corrected chi connectivity index (χ2v) is 6.42. The molecule has 0 spiro atoms. The van der Waals surface area contributed by atoms with Gasteiger partial charge >= 0.3 is 0 Å². The number of carbonyl (C=O) groups excluding carboxylic acids is 1. The molecule has 6 nitrogen and oxygen atoms in total. The second-order valence-electron chi connectivity index (χ2n) is 6.42. The Bertz CT molecular complexity index is 490. The highest BCUT2D eigenvalue weighted by atomic mass is 16.1. The summed E-state index contributed by atoms with van der Waals surface area (Å²) in [5.74, 6) is 1.84. The van der Waals surface area contributed by atoms with Gasteiger partial charge in [-0.25, -0.2) is 4.98 Å². The molecular weight excluding hydrogens is 290 g/mol. The maximum Gasteiger partial charge on any atom is 0.222 e. The van der Waals surface area contributed by atoms with Crippen LogP contribution in [0, 0.1) is 5.92 Å². The van der Waals surface area contributed by atoms with Gasteiger partial charge in [0.15, 0.2) is 0 Å². The molecule has 0 aromatic carbocycles. The summed E-state index contributed by atoms with van der Waals surface area (Å²) in [4.78, 5) is 20.5. The van der Waals surface area contributed by atoms with Crippen LogP contribution in [0.3, 0.4) is 0 Å². The van der Waals surface area contributed by atoms with Gasteiger partial charge in [0, 0.05) is 31.6 Å². The Morgan fingerprint density at radius 3 is 2.70 bits per heavy atom. The van der Waals surface area contributed by atoms with Crippen LogP contribution in [0.1, 0.15) is 51.3 Å². The average Bonchev–Trinajstić information content (AvgIpc) is 2.47. The molecule has 3 N–H and O–H groups in total. The number of nitrogen functional groups attached to an aromatic ring is 1. The lowest BCUT2D eigenvalue weighted by Gasteiger charge is -2.25. The number of nitrogens with two attached hydrogens (primary N) is 1. The Morgan fingerprint density at radius 1 is 1.39 bits per heavy atom. The largest absolute Gasteiger partial charge is 0.370 e. The van der Waals surface area contributed by atoms with Gasteiger partial charge < -0.3 is 20.7 Å². The molecule has 1 aliphatic rings. The molecule has 130 valence electrons. The van der Waals surface area contributed by atoms with Crippen LogP contribution in [-0.2, 0) is 17.8 Å². The SMILES string of the molecule is CC(C)CC=O.CCCCNc1nc(N)nc2c1CCN(C)C2. The summed E-state index contributed by atoms with van der Waals surface area (Å²) in [6, 6.07) is 0. The molecule has 6 heteroatoms. The standard InChI is InChI=1S/C12H21N5.C5H10O/c1-3-4-6-14-11-9-5-7-17(2)8-10(9)15-12(13)16-11;1-5(2)3-4-6/h3-8H2,1-2H3,(H3,13,14,15,16);4-5H,3H2,1-2H3. The fourth-order valence-corrected chi connectivity index (χ4v) is 2.30. The van der Waals surface area contributed by atoms with E-state index >= 15 is 0 Å². The molecule has 0 saturated heterocycles. The van der Waals surface area contributed by atoms with Gasteiger partial charge in [-0.2, -0.15) is 4.98 Å². The van der Waals surface area contributed by atoms with E-state index in [4.69, 9.17) is 5.73 Å². The molecular formula is C17H31N5O. The topological polar surface area (TPSA) is 84.1 Å². The molecule has 0 aliphatic carbocycles. The van der Waals surface area contributed by atoms with E-state index in [2.05, 4.69) is 34.2 Å². The highest BCUT2D eigenvalue weighted by molar-refractivity contribution is 5.50. The lowest BCUT2D eigenvalue weighted by molar-refractivity contribution is -0.108. The Balaban J connectivity index is 0.000000379. The van der Waals surface area contributed by atoms with E-state index in [1.54, 1.807) is 0 Å². The van der Waals surface area contributed by atoms with Crippen LogP contribution in [0.2, 0.25) is 0 Å². The number of nitrogens with one attached hydrogen (secondary N) is 1. The summed E-state index contributed by atoms with van der Waals surface area (Å²) in [7, 11) is 2.10. The van der Waals surface area contributed by atoms with Crippen LogP contribution in [-0.4, -0.2) is 41.3 Å². The number of unbranched alkanes of at least 4 members (excludes halogenated alkanes) is 1. The highest BCUT2D eigenvalue weighted by Crippen LogP contribution is 2.23. The Kier molecular flexibility index (Phi) is 8.55. The van der Waals surface area contributed by atoms with Crippen LogP contribution in [0.4, 0.5) is 11.8 Å². The average molecular weight is 321 g/mol. The van der Waals surface area contributed by atoms with Crippen molar-refractivity contribution in [3.8, 4) is 0 Å². The van der Waals surface area contributed by atoms with Crippen molar-refractivity contribution in [1.29, 1.82) is 0 Å². The minimum atomic E-state index is 0.373. The van der Waals surface area contributed by atoms with Crippen molar-refractivity contribution < 1.29 is 4.79 Å². The zero-order valence-electron chi connectivity index (χ0n) is 14.9. The second kappa shape index (κ2) is 10.2. The first-order valence-corrected chi connectivity index (χ1v) is 8.49. The molecule has 1 aromatic heterocycles. The molecule has 2 rings (SSSR count). The first kappa shape index (κ1) is 19.4. The number of aromatic nitrogens is 2. The molecule has 1 aliphatic heterocycles. The van der Waals surface area contributed by atoms with Crippen LogP contribution in [0.25, 0.3) is 0 Å².